The summed E-state index contributed by atoms with van der Waals surface area (Å²) in [6.45, 7) is 10.3. The van der Waals surface area contributed by atoms with E-state index >= 15 is 0 Å². The molecule has 246 valence electrons. The van der Waals surface area contributed by atoms with Gasteiger partial charge in [0, 0.05) is 37.1 Å². The maximum absolute atomic E-state index is 14.9. The molecular weight excluding hydrogens is 592 g/mol. The van der Waals surface area contributed by atoms with Crippen LogP contribution >= 0.6 is 0 Å². The molecule has 4 aromatic rings. The number of likely N-dealkylation sites (tertiary alicyclic amines) is 1. The quantitative estimate of drug-likeness (QED) is 0.241. The lowest BCUT2D eigenvalue weighted by molar-refractivity contribution is -0.121. The normalized spacial score (nSPS) is 23.6. The van der Waals surface area contributed by atoms with Gasteiger partial charge in [0.25, 0.3) is 0 Å². The number of fused-ring (bicyclic) bond motifs is 2. The van der Waals surface area contributed by atoms with Crippen LogP contribution in [0.2, 0.25) is 0 Å². The van der Waals surface area contributed by atoms with Crippen LogP contribution in [-0.2, 0) is 16.1 Å². The Bertz CT molecular complexity index is 1740. The molecule has 0 aliphatic carbocycles. The van der Waals surface area contributed by atoms with Crippen LogP contribution in [0.5, 0.6) is 0 Å². The van der Waals surface area contributed by atoms with Crippen LogP contribution in [0.15, 0.2) is 72.8 Å². The Hall–Kier alpha value is -4.41. The molecule has 3 aromatic carbocycles. The minimum Gasteiger partial charge on any atom is -0.465 e. The number of H-pyrrole nitrogens is 1. The number of carboxylic acid groups (broad SMARTS) is 1. The first-order chi connectivity index (χ1) is 22.7. The van der Waals surface area contributed by atoms with Crippen molar-refractivity contribution in [2.75, 3.05) is 42.6 Å². The fourth-order valence-corrected chi connectivity index (χ4v) is 7.86. The van der Waals surface area contributed by atoms with Gasteiger partial charge in [0.05, 0.1) is 42.9 Å². The van der Waals surface area contributed by atoms with Crippen molar-refractivity contribution in [3.63, 3.8) is 0 Å². The van der Waals surface area contributed by atoms with Crippen LogP contribution in [0.25, 0.3) is 11.0 Å². The third-order valence-electron chi connectivity index (χ3n) is 9.92. The lowest BCUT2D eigenvalue weighted by Crippen LogP contribution is -2.62. The molecule has 7 rings (SSSR count). The molecule has 2 saturated heterocycles. The van der Waals surface area contributed by atoms with E-state index in [4.69, 9.17) is 9.72 Å². The Morgan fingerprint density at radius 3 is 2.51 bits per heavy atom. The first-order valence-electron chi connectivity index (χ1n) is 16.7. The minimum absolute atomic E-state index is 0.0456. The number of hydrogen-bond acceptors (Lipinski definition) is 6. The number of rotatable bonds is 6. The van der Waals surface area contributed by atoms with Crippen molar-refractivity contribution in [3.05, 3.63) is 89.7 Å². The Balaban J connectivity index is 1.32. The highest BCUT2D eigenvalue weighted by atomic mass is 16.5. The predicted molar refractivity (Wildman–Crippen MR) is 183 cm³/mol. The number of aromatic nitrogens is 2. The molecule has 1 aromatic heterocycles. The monoisotopic (exact) mass is 636 g/mol. The van der Waals surface area contributed by atoms with Gasteiger partial charge in [0.15, 0.2) is 0 Å². The molecule has 0 spiro atoms. The topological polar surface area (TPSA) is 114 Å². The summed E-state index contributed by atoms with van der Waals surface area (Å²) in [5.41, 5.74) is 5.37. The maximum Gasteiger partial charge on any atom is 0.407 e. The second-order valence-corrected chi connectivity index (χ2v) is 14.0. The molecule has 2 fully saturated rings. The number of carbonyl (C=O) groups excluding carboxylic acids is 1. The number of benzene rings is 3. The summed E-state index contributed by atoms with van der Waals surface area (Å²) in [6, 6.07) is 23.5. The number of amides is 2. The second-order valence-electron chi connectivity index (χ2n) is 14.0. The van der Waals surface area contributed by atoms with Gasteiger partial charge in [0.1, 0.15) is 11.7 Å². The van der Waals surface area contributed by atoms with E-state index in [0.717, 1.165) is 59.5 Å². The van der Waals surface area contributed by atoms with Crippen LogP contribution in [0.3, 0.4) is 0 Å². The third kappa shape index (κ3) is 6.07. The molecule has 3 aliphatic rings. The SMILES string of the molecule is CC(C)(C)C1C(NC2c3ccccc3N(Cc3ccccc3)C(=O)C2c2nc3ccc(N4CCOCC4)cc3[nH]2)CCCN1C(=O)O. The van der Waals surface area contributed by atoms with Gasteiger partial charge in [-0.25, -0.2) is 9.78 Å². The van der Waals surface area contributed by atoms with Gasteiger partial charge in [-0.15, -0.1) is 0 Å². The highest BCUT2D eigenvalue weighted by molar-refractivity contribution is 6.02. The molecule has 0 radical (unpaired) electrons. The largest absolute Gasteiger partial charge is 0.465 e. The average Bonchev–Trinajstić information content (AvgIpc) is 3.50. The highest BCUT2D eigenvalue weighted by Gasteiger charge is 2.47. The number of anilines is 2. The summed E-state index contributed by atoms with van der Waals surface area (Å²) in [4.78, 5) is 41.7. The van der Waals surface area contributed by atoms with Crippen molar-refractivity contribution < 1.29 is 19.4 Å². The Morgan fingerprint density at radius 2 is 1.77 bits per heavy atom. The zero-order chi connectivity index (χ0) is 32.7. The number of hydrogen-bond donors (Lipinski definition) is 3. The first-order valence-corrected chi connectivity index (χ1v) is 16.7. The smallest absolute Gasteiger partial charge is 0.407 e. The summed E-state index contributed by atoms with van der Waals surface area (Å²) in [6.07, 6.45) is 0.649. The van der Waals surface area contributed by atoms with Crippen molar-refractivity contribution in [3.8, 4) is 0 Å². The van der Waals surface area contributed by atoms with Crippen LogP contribution in [0.4, 0.5) is 16.2 Å². The number of morpholine rings is 1. The number of nitrogens with one attached hydrogen (secondary N) is 2. The van der Waals surface area contributed by atoms with Gasteiger partial charge in [-0.3, -0.25) is 4.79 Å². The van der Waals surface area contributed by atoms with Crippen LogP contribution < -0.4 is 15.1 Å². The molecule has 3 aliphatic heterocycles. The number of para-hydroxylation sites is 1. The molecule has 10 nitrogen and oxygen atoms in total. The fourth-order valence-electron chi connectivity index (χ4n) is 7.86. The van der Waals surface area contributed by atoms with E-state index < -0.39 is 18.1 Å². The molecule has 4 heterocycles. The van der Waals surface area contributed by atoms with Gasteiger partial charge in [-0.2, -0.15) is 0 Å². The summed E-state index contributed by atoms with van der Waals surface area (Å²) < 4.78 is 5.56. The molecular formula is C37H44N6O4. The van der Waals surface area contributed by atoms with Crippen molar-refractivity contribution in [2.45, 2.75) is 64.2 Å². The van der Waals surface area contributed by atoms with Crippen molar-refractivity contribution in [2.24, 2.45) is 5.41 Å². The lowest BCUT2D eigenvalue weighted by atomic mass is 9.76. The number of aromatic amines is 1. The van der Waals surface area contributed by atoms with Gasteiger partial charge in [0.2, 0.25) is 5.91 Å². The third-order valence-corrected chi connectivity index (χ3v) is 9.92. The molecule has 10 heteroatoms. The van der Waals surface area contributed by atoms with E-state index in [9.17, 15) is 14.7 Å². The molecule has 4 unspecified atom stereocenters. The maximum atomic E-state index is 14.9. The summed E-state index contributed by atoms with van der Waals surface area (Å²) in [7, 11) is 0. The predicted octanol–water partition coefficient (Wildman–Crippen LogP) is 5.92. The number of nitrogens with zero attached hydrogens (tertiary/aromatic N) is 4. The highest BCUT2D eigenvalue weighted by Crippen LogP contribution is 2.45. The standard InChI is InChI=1S/C37H44N6O4/c1-37(2,3)33-28(13-9-17-42(33)36(45)46)38-32-26-12-7-8-14-30(26)43(23-24-10-5-4-6-11-24)35(44)31(32)34-39-27-16-15-25(22-29(27)40-34)41-18-20-47-21-19-41/h4-8,10-12,14-16,22,28,31-33,38H,9,13,17-21,23H2,1-3H3,(H,39,40)(H,45,46). The Kier molecular flexibility index (Phi) is 8.40. The first kappa shape index (κ1) is 31.2. The fraction of sp³-hybridized carbons (Fsp3) is 0.432. The average molecular weight is 637 g/mol. The van der Waals surface area contributed by atoms with E-state index in [0.29, 0.717) is 32.1 Å². The number of carbonyl (C=O) groups is 2. The summed E-state index contributed by atoms with van der Waals surface area (Å²) >= 11 is 0. The molecule has 0 bridgehead atoms. The number of piperidine rings is 1. The number of imidazole rings is 1. The molecule has 3 N–H and O–H groups in total. The Labute approximate surface area is 275 Å². The van der Waals surface area contributed by atoms with E-state index in [1.54, 1.807) is 4.90 Å². The minimum atomic E-state index is -0.907. The van der Waals surface area contributed by atoms with E-state index in [2.05, 4.69) is 54.2 Å². The van der Waals surface area contributed by atoms with Gasteiger partial charge in [-0.1, -0.05) is 69.3 Å². The summed E-state index contributed by atoms with van der Waals surface area (Å²) in [5, 5.41) is 14.1. The van der Waals surface area contributed by atoms with Gasteiger partial charge in [-0.05, 0) is 53.6 Å². The molecule has 47 heavy (non-hydrogen) atoms. The van der Waals surface area contributed by atoms with Crippen molar-refractivity contribution >= 4 is 34.4 Å². The molecule has 0 saturated carbocycles. The Morgan fingerprint density at radius 1 is 1.02 bits per heavy atom. The zero-order valence-electron chi connectivity index (χ0n) is 27.4. The molecule has 2 amide bonds. The van der Waals surface area contributed by atoms with Gasteiger partial charge >= 0.3 is 6.09 Å². The lowest BCUT2D eigenvalue weighted by Gasteiger charge is -2.49. The van der Waals surface area contributed by atoms with Crippen LogP contribution in [0, 0.1) is 5.41 Å². The van der Waals surface area contributed by atoms with Crippen molar-refractivity contribution in [1.82, 2.24) is 20.2 Å². The molecule has 4 atom stereocenters. The van der Waals surface area contributed by atoms with Gasteiger partial charge < -0.3 is 34.8 Å². The second kappa shape index (κ2) is 12.7. The van der Waals surface area contributed by atoms with Crippen molar-refractivity contribution in [1.29, 1.82) is 0 Å². The van der Waals surface area contributed by atoms with Crippen LogP contribution in [-0.4, -0.2) is 76.9 Å². The number of ether oxygens (including phenoxy) is 1. The van der Waals surface area contributed by atoms with E-state index in [-0.39, 0.29) is 23.4 Å². The van der Waals surface area contributed by atoms with E-state index in [1.807, 2.05) is 59.5 Å². The summed E-state index contributed by atoms with van der Waals surface area (Å²) in [5.74, 6) is -0.100. The van der Waals surface area contributed by atoms with E-state index in [1.165, 1.54) is 0 Å². The van der Waals surface area contributed by atoms with Crippen LogP contribution in [0.1, 0.15) is 62.5 Å². The zero-order valence-corrected chi connectivity index (χ0v) is 27.4.